The van der Waals surface area contributed by atoms with Crippen molar-refractivity contribution in [1.29, 1.82) is 0 Å². The number of aromatic nitrogens is 2. The fourth-order valence-electron chi connectivity index (χ4n) is 4.28. The molecule has 1 saturated heterocycles. The van der Waals surface area contributed by atoms with Gasteiger partial charge in [0.15, 0.2) is 0 Å². The number of piperidine rings is 1. The van der Waals surface area contributed by atoms with Crippen LogP contribution in [0.4, 0.5) is 5.69 Å². The maximum Gasteiger partial charge on any atom is 0.0602 e. The molecule has 3 aromatic rings. The highest BCUT2D eigenvalue weighted by molar-refractivity contribution is 5.71. The lowest BCUT2D eigenvalue weighted by atomic mass is 9.98. The number of aryl methyl sites for hydroxylation is 1. The van der Waals surface area contributed by atoms with Crippen molar-refractivity contribution in [2.24, 2.45) is 0 Å². The summed E-state index contributed by atoms with van der Waals surface area (Å²) in [5.74, 6) is 0. The number of nitrogens with one attached hydrogen (secondary N) is 1. The Morgan fingerprint density at radius 3 is 2.66 bits per heavy atom. The van der Waals surface area contributed by atoms with E-state index in [0.29, 0.717) is 12.1 Å². The van der Waals surface area contributed by atoms with E-state index in [4.69, 9.17) is 0 Å². The Morgan fingerprint density at radius 1 is 1.07 bits per heavy atom. The molecule has 2 heterocycles. The zero-order valence-corrected chi connectivity index (χ0v) is 17.4. The van der Waals surface area contributed by atoms with E-state index in [-0.39, 0.29) is 0 Å². The Bertz CT molecular complexity index is 917. The van der Waals surface area contributed by atoms with Gasteiger partial charge in [0.25, 0.3) is 0 Å². The van der Waals surface area contributed by atoms with Gasteiger partial charge in [-0.1, -0.05) is 36.4 Å². The Balaban J connectivity index is 1.34. The van der Waals surface area contributed by atoms with Crippen LogP contribution in [0.15, 0.2) is 67.1 Å². The minimum atomic E-state index is 0.410. The zero-order valence-electron chi connectivity index (χ0n) is 17.4. The number of hydrogen-bond acceptors (Lipinski definition) is 4. The fourth-order valence-corrected chi connectivity index (χ4v) is 4.28. The van der Waals surface area contributed by atoms with Gasteiger partial charge in [-0.05, 0) is 55.5 Å². The average molecular weight is 387 g/mol. The van der Waals surface area contributed by atoms with Crippen LogP contribution in [-0.4, -0.2) is 35.1 Å². The Hall–Kier alpha value is -2.72. The molecule has 2 aromatic carbocycles. The number of rotatable bonds is 6. The van der Waals surface area contributed by atoms with E-state index in [0.717, 1.165) is 25.2 Å². The molecular formula is C25H30N4. The number of hydrogen-bond donors (Lipinski definition) is 1. The van der Waals surface area contributed by atoms with Crippen molar-refractivity contribution < 1.29 is 0 Å². The highest BCUT2D eigenvalue weighted by atomic mass is 15.1. The van der Waals surface area contributed by atoms with E-state index in [1.54, 1.807) is 12.4 Å². The predicted octanol–water partition coefficient (Wildman–Crippen LogP) is 4.64. The molecule has 1 aromatic heterocycles. The van der Waals surface area contributed by atoms with E-state index in [2.05, 4.69) is 82.6 Å². The molecule has 4 nitrogen and oxygen atoms in total. The lowest BCUT2D eigenvalue weighted by molar-refractivity contribution is 0.374. The summed E-state index contributed by atoms with van der Waals surface area (Å²) in [5.41, 5.74) is 6.33. The maximum absolute atomic E-state index is 4.39. The van der Waals surface area contributed by atoms with Gasteiger partial charge in [-0.2, -0.15) is 0 Å². The minimum Gasteiger partial charge on any atom is -0.371 e. The minimum absolute atomic E-state index is 0.410. The first-order valence-corrected chi connectivity index (χ1v) is 10.6. The molecule has 4 rings (SSSR count). The van der Waals surface area contributed by atoms with Crippen molar-refractivity contribution in [1.82, 2.24) is 15.3 Å². The quantitative estimate of drug-likeness (QED) is 0.670. The first kappa shape index (κ1) is 19.6. The summed E-state index contributed by atoms with van der Waals surface area (Å²) in [6.45, 7) is 6.60. The molecule has 150 valence electrons. The molecule has 0 spiro atoms. The molecule has 0 amide bonds. The van der Waals surface area contributed by atoms with Gasteiger partial charge in [0.1, 0.15) is 0 Å². The Labute approximate surface area is 174 Å². The van der Waals surface area contributed by atoms with E-state index < -0.39 is 0 Å². The second kappa shape index (κ2) is 9.19. The molecule has 1 aliphatic heterocycles. The van der Waals surface area contributed by atoms with E-state index in [1.165, 1.54) is 35.2 Å². The summed E-state index contributed by atoms with van der Waals surface area (Å²) >= 11 is 0. The van der Waals surface area contributed by atoms with Crippen LogP contribution in [0.25, 0.3) is 11.1 Å². The molecule has 29 heavy (non-hydrogen) atoms. The highest BCUT2D eigenvalue weighted by Crippen LogP contribution is 2.28. The van der Waals surface area contributed by atoms with Gasteiger partial charge in [0, 0.05) is 55.9 Å². The van der Waals surface area contributed by atoms with Crippen LogP contribution in [0, 0.1) is 6.92 Å². The van der Waals surface area contributed by atoms with E-state index >= 15 is 0 Å². The van der Waals surface area contributed by atoms with Gasteiger partial charge in [0.05, 0.1) is 5.69 Å². The summed E-state index contributed by atoms with van der Waals surface area (Å²) < 4.78 is 0. The van der Waals surface area contributed by atoms with Crippen LogP contribution >= 0.6 is 0 Å². The topological polar surface area (TPSA) is 41.0 Å². The monoisotopic (exact) mass is 386 g/mol. The summed E-state index contributed by atoms with van der Waals surface area (Å²) in [5, 5.41) is 3.79. The molecule has 0 bridgehead atoms. The zero-order chi connectivity index (χ0) is 20.1. The smallest absolute Gasteiger partial charge is 0.0602 e. The molecule has 0 aliphatic carbocycles. The van der Waals surface area contributed by atoms with Crippen LogP contribution in [0.5, 0.6) is 0 Å². The summed E-state index contributed by atoms with van der Waals surface area (Å²) in [7, 11) is 0. The van der Waals surface area contributed by atoms with E-state index in [9.17, 15) is 0 Å². The summed E-state index contributed by atoms with van der Waals surface area (Å²) in [6.07, 6.45) is 8.62. The highest BCUT2D eigenvalue weighted by Gasteiger charge is 2.21. The molecule has 0 unspecified atom stereocenters. The SMILES string of the molecule is Cc1ccccc1-c1cccc(N2CCC(N[C@H](C)Cc3cnccn3)CC2)c1. The number of benzene rings is 2. The van der Waals surface area contributed by atoms with E-state index in [1.807, 2.05) is 6.20 Å². The second-order valence-electron chi connectivity index (χ2n) is 8.10. The van der Waals surface area contributed by atoms with Crippen LogP contribution in [-0.2, 0) is 6.42 Å². The lowest BCUT2D eigenvalue weighted by Crippen LogP contribution is -2.46. The molecule has 1 atom stereocenters. The van der Waals surface area contributed by atoms with Gasteiger partial charge >= 0.3 is 0 Å². The average Bonchev–Trinajstić information content (AvgIpc) is 2.75. The normalized spacial score (nSPS) is 16.0. The van der Waals surface area contributed by atoms with Gasteiger partial charge in [-0.25, -0.2) is 0 Å². The molecule has 4 heteroatoms. The van der Waals surface area contributed by atoms with Crippen molar-refractivity contribution in [3.8, 4) is 11.1 Å². The van der Waals surface area contributed by atoms with Crippen molar-refractivity contribution in [3.05, 3.63) is 78.4 Å². The first-order chi connectivity index (χ1) is 14.2. The van der Waals surface area contributed by atoms with Crippen molar-refractivity contribution in [3.63, 3.8) is 0 Å². The fraction of sp³-hybridized carbons (Fsp3) is 0.360. The van der Waals surface area contributed by atoms with Gasteiger partial charge in [-0.15, -0.1) is 0 Å². The molecule has 1 N–H and O–H groups in total. The molecule has 1 aliphatic rings. The number of anilines is 1. The first-order valence-electron chi connectivity index (χ1n) is 10.6. The standard InChI is InChI=1S/C25H30N4/c1-19-6-3-4-9-25(19)21-7-5-8-24(17-21)29-14-10-22(11-15-29)28-20(2)16-23-18-26-12-13-27-23/h3-9,12-13,17-18,20,22,28H,10-11,14-16H2,1-2H3/t20-/m1/s1. The Morgan fingerprint density at radius 2 is 1.90 bits per heavy atom. The van der Waals surface area contributed by atoms with Gasteiger partial charge in [0.2, 0.25) is 0 Å². The van der Waals surface area contributed by atoms with Crippen LogP contribution in [0.3, 0.4) is 0 Å². The number of nitrogens with zero attached hydrogens (tertiary/aromatic N) is 3. The Kier molecular flexibility index (Phi) is 6.20. The maximum atomic E-state index is 4.39. The van der Waals surface area contributed by atoms with Crippen LogP contribution < -0.4 is 10.2 Å². The van der Waals surface area contributed by atoms with Crippen LogP contribution in [0.2, 0.25) is 0 Å². The molecule has 0 radical (unpaired) electrons. The van der Waals surface area contributed by atoms with Crippen molar-refractivity contribution in [2.75, 3.05) is 18.0 Å². The summed E-state index contributed by atoms with van der Waals surface area (Å²) in [4.78, 5) is 11.1. The van der Waals surface area contributed by atoms with Gasteiger partial charge < -0.3 is 10.2 Å². The van der Waals surface area contributed by atoms with Crippen molar-refractivity contribution in [2.45, 2.75) is 45.2 Å². The molecular weight excluding hydrogens is 356 g/mol. The third-order valence-corrected chi connectivity index (χ3v) is 5.81. The van der Waals surface area contributed by atoms with Crippen molar-refractivity contribution >= 4 is 5.69 Å². The third-order valence-electron chi connectivity index (χ3n) is 5.81. The lowest BCUT2D eigenvalue weighted by Gasteiger charge is -2.35. The van der Waals surface area contributed by atoms with Crippen LogP contribution in [0.1, 0.15) is 31.0 Å². The molecule has 1 fully saturated rings. The molecule has 0 saturated carbocycles. The van der Waals surface area contributed by atoms with Gasteiger partial charge in [-0.3, -0.25) is 9.97 Å². The summed E-state index contributed by atoms with van der Waals surface area (Å²) in [6, 6.07) is 18.6. The largest absolute Gasteiger partial charge is 0.371 e. The third kappa shape index (κ3) is 5.01. The second-order valence-corrected chi connectivity index (χ2v) is 8.10. The predicted molar refractivity (Wildman–Crippen MR) is 120 cm³/mol.